The molecule has 0 aliphatic carbocycles. The fraction of sp³-hybridized carbons (Fsp3) is 0.0714. The maximum atomic E-state index is 5.93. The number of aromatic nitrogens is 1. The van der Waals surface area contributed by atoms with Gasteiger partial charge in [0, 0.05) is 12.6 Å². The molecule has 18 heavy (non-hydrogen) atoms. The van der Waals surface area contributed by atoms with Crippen LogP contribution in [0, 0.1) is 0 Å². The molecule has 0 atom stereocenters. The third kappa shape index (κ3) is 1.68. The van der Waals surface area contributed by atoms with Crippen LogP contribution in [0.1, 0.15) is 0 Å². The maximum absolute atomic E-state index is 5.93. The van der Waals surface area contributed by atoms with Gasteiger partial charge in [-0.15, -0.1) is 0 Å². The fourth-order valence-corrected chi connectivity index (χ4v) is 1.92. The normalized spacial score (nSPS) is 10.7. The van der Waals surface area contributed by atoms with Crippen molar-refractivity contribution in [3.05, 3.63) is 42.5 Å². The van der Waals surface area contributed by atoms with Gasteiger partial charge in [0.15, 0.2) is 5.58 Å². The summed E-state index contributed by atoms with van der Waals surface area (Å²) in [5.74, 6) is 0.588. The summed E-state index contributed by atoms with van der Waals surface area (Å²) in [6.45, 7) is 0. The second-order valence-electron chi connectivity index (χ2n) is 4.04. The molecule has 0 aliphatic heterocycles. The number of oxazole rings is 1. The number of nitrogen functional groups attached to an aromatic ring is 1. The SMILES string of the molecule is CNc1ccc(-c2nc3ccccc3o2)cc1N. The molecule has 3 N–H and O–H groups in total. The van der Waals surface area contributed by atoms with Gasteiger partial charge in [0.05, 0.1) is 11.4 Å². The van der Waals surface area contributed by atoms with Crippen molar-refractivity contribution in [1.29, 1.82) is 0 Å². The lowest BCUT2D eigenvalue weighted by Crippen LogP contribution is -1.95. The third-order valence-electron chi connectivity index (χ3n) is 2.86. The Kier molecular flexibility index (Phi) is 2.41. The topological polar surface area (TPSA) is 64.1 Å². The molecule has 4 heteroatoms. The summed E-state index contributed by atoms with van der Waals surface area (Å²) < 4.78 is 5.70. The first-order valence-corrected chi connectivity index (χ1v) is 5.71. The standard InChI is InChI=1S/C14H13N3O/c1-16-11-7-6-9(8-10(11)15)14-17-12-4-2-3-5-13(12)18-14/h2-8,16H,15H2,1H3. The van der Waals surface area contributed by atoms with E-state index in [9.17, 15) is 0 Å². The molecule has 2 aromatic carbocycles. The third-order valence-corrected chi connectivity index (χ3v) is 2.86. The average molecular weight is 239 g/mol. The average Bonchev–Trinajstić information content (AvgIpc) is 2.82. The Labute approximate surface area is 104 Å². The fourth-order valence-electron chi connectivity index (χ4n) is 1.92. The molecule has 3 rings (SSSR count). The van der Waals surface area contributed by atoms with Crippen LogP contribution in [0.15, 0.2) is 46.9 Å². The number of nitrogens with zero attached hydrogens (tertiary/aromatic N) is 1. The van der Waals surface area contributed by atoms with Gasteiger partial charge in [-0.3, -0.25) is 0 Å². The molecule has 0 spiro atoms. The molecule has 1 aromatic heterocycles. The molecule has 0 saturated carbocycles. The number of nitrogens with one attached hydrogen (secondary N) is 1. The Morgan fingerprint density at radius 3 is 2.72 bits per heavy atom. The molecule has 0 radical (unpaired) electrons. The molecule has 4 nitrogen and oxygen atoms in total. The van der Waals surface area contributed by atoms with E-state index in [1.807, 2.05) is 49.5 Å². The summed E-state index contributed by atoms with van der Waals surface area (Å²) in [6.07, 6.45) is 0. The van der Waals surface area contributed by atoms with Gasteiger partial charge >= 0.3 is 0 Å². The Bertz CT molecular complexity index is 670. The number of benzene rings is 2. The van der Waals surface area contributed by atoms with E-state index in [0.717, 1.165) is 22.4 Å². The molecule has 0 fully saturated rings. The van der Waals surface area contributed by atoms with Crippen LogP contribution in [0.2, 0.25) is 0 Å². The van der Waals surface area contributed by atoms with Gasteiger partial charge in [0.1, 0.15) is 5.52 Å². The van der Waals surface area contributed by atoms with Gasteiger partial charge in [0.25, 0.3) is 0 Å². The van der Waals surface area contributed by atoms with Crippen molar-refractivity contribution >= 4 is 22.5 Å². The van der Waals surface area contributed by atoms with Gasteiger partial charge in [-0.05, 0) is 30.3 Å². The summed E-state index contributed by atoms with van der Waals surface area (Å²) in [4.78, 5) is 4.44. The molecule has 1 heterocycles. The summed E-state index contributed by atoms with van der Waals surface area (Å²) in [5, 5.41) is 3.02. The molecular weight excluding hydrogens is 226 g/mol. The van der Waals surface area contributed by atoms with Crippen LogP contribution in [0.4, 0.5) is 11.4 Å². The summed E-state index contributed by atoms with van der Waals surface area (Å²) in [6, 6.07) is 13.4. The van der Waals surface area contributed by atoms with Gasteiger partial charge in [-0.1, -0.05) is 12.1 Å². The Morgan fingerprint density at radius 1 is 1.17 bits per heavy atom. The highest BCUT2D eigenvalue weighted by molar-refractivity contribution is 5.78. The zero-order valence-electron chi connectivity index (χ0n) is 9.97. The minimum absolute atomic E-state index is 0.588. The predicted octanol–water partition coefficient (Wildman–Crippen LogP) is 3.12. The number of hydrogen-bond acceptors (Lipinski definition) is 4. The molecule has 90 valence electrons. The van der Waals surface area contributed by atoms with Crippen molar-refractivity contribution in [1.82, 2.24) is 4.98 Å². The van der Waals surface area contributed by atoms with E-state index in [4.69, 9.17) is 10.2 Å². The van der Waals surface area contributed by atoms with Crippen LogP contribution in [0.25, 0.3) is 22.6 Å². The number of fused-ring (bicyclic) bond motifs is 1. The zero-order valence-corrected chi connectivity index (χ0v) is 9.97. The molecule has 0 saturated heterocycles. The van der Waals surface area contributed by atoms with Gasteiger partial charge in [0.2, 0.25) is 5.89 Å². The molecule has 0 bridgehead atoms. The van der Waals surface area contributed by atoms with Crippen LogP contribution >= 0.6 is 0 Å². The van der Waals surface area contributed by atoms with Crippen molar-refractivity contribution in [3.63, 3.8) is 0 Å². The number of rotatable bonds is 2. The van der Waals surface area contributed by atoms with E-state index in [1.54, 1.807) is 0 Å². The van der Waals surface area contributed by atoms with Gasteiger partial charge in [-0.25, -0.2) is 4.98 Å². The minimum Gasteiger partial charge on any atom is -0.436 e. The van der Waals surface area contributed by atoms with Gasteiger partial charge in [-0.2, -0.15) is 0 Å². The lowest BCUT2D eigenvalue weighted by molar-refractivity contribution is 0.620. The smallest absolute Gasteiger partial charge is 0.227 e. The van der Waals surface area contributed by atoms with Crippen LogP contribution < -0.4 is 11.1 Å². The quantitative estimate of drug-likeness (QED) is 0.674. The summed E-state index contributed by atoms with van der Waals surface area (Å²) >= 11 is 0. The van der Waals surface area contributed by atoms with E-state index in [-0.39, 0.29) is 0 Å². The Morgan fingerprint density at radius 2 is 2.00 bits per heavy atom. The van der Waals surface area contributed by atoms with E-state index in [1.165, 1.54) is 0 Å². The monoisotopic (exact) mass is 239 g/mol. The van der Waals surface area contributed by atoms with E-state index in [0.29, 0.717) is 11.6 Å². The lowest BCUT2D eigenvalue weighted by Gasteiger charge is -2.05. The zero-order chi connectivity index (χ0) is 12.5. The van der Waals surface area contributed by atoms with Crippen LogP contribution in [0.5, 0.6) is 0 Å². The molecule has 0 amide bonds. The van der Waals surface area contributed by atoms with Crippen LogP contribution in [-0.2, 0) is 0 Å². The molecule has 0 aliphatic rings. The van der Waals surface area contributed by atoms with E-state index >= 15 is 0 Å². The first-order valence-electron chi connectivity index (χ1n) is 5.71. The maximum Gasteiger partial charge on any atom is 0.227 e. The highest BCUT2D eigenvalue weighted by Gasteiger charge is 2.08. The molecule has 0 unspecified atom stereocenters. The molecular formula is C14H13N3O. The van der Waals surface area contributed by atoms with Crippen molar-refractivity contribution < 1.29 is 4.42 Å². The number of hydrogen-bond donors (Lipinski definition) is 2. The predicted molar refractivity (Wildman–Crippen MR) is 73.4 cm³/mol. The largest absolute Gasteiger partial charge is 0.436 e. The second-order valence-corrected chi connectivity index (χ2v) is 4.04. The van der Waals surface area contributed by atoms with Crippen molar-refractivity contribution in [2.75, 3.05) is 18.1 Å². The number of anilines is 2. The number of nitrogens with two attached hydrogens (primary N) is 1. The molecule has 3 aromatic rings. The second kappa shape index (κ2) is 4.07. The summed E-state index contributed by atoms with van der Waals surface area (Å²) in [5.41, 5.74) is 10.0. The van der Waals surface area contributed by atoms with E-state index < -0.39 is 0 Å². The van der Waals surface area contributed by atoms with Crippen molar-refractivity contribution in [2.45, 2.75) is 0 Å². The van der Waals surface area contributed by atoms with Crippen molar-refractivity contribution in [3.8, 4) is 11.5 Å². The van der Waals surface area contributed by atoms with Crippen LogP contribution in [-0.4, -0.2) is 12.0 Å². The number of para-hydroxylation sites is 2. The minimum atomic E-state index is 0.588. The van der Waals surface area contributed by atoms with E-state index in [2.05, 4.69) is 10.3 Å². The summed E-state index contributed by atoms with van der Waals surface area (Å²) in [7, 11) is 1.84. The van der Waals surface area contributed by atoms with Gasteiger partial charge < -0.3 is 15.5 Å². The highest BCUT2D eigenvalue weighted by Crippen LogP contribution is 2.28. The Hall–Kier alpha value is -2.49. The first-order chi connectivity index (χ1) is 8.78. The highest BCUT2D eigenvalue weighted by atomic mass is 16.3. The van der Waals surface area contributed by atoms with Crippen LogP contribution in [0.3, 0.4) is 0 Å². The first kappa shape index (κ1) is 10.7. The lowest BCUT2D eigenvalue weighted by atomic mass is 10.1. The Balaban J connectivity index is 2.11. The van der Waals surface area contributed by atoms with Crippen molar-refractivity contribution in [2.24, 2.45) is 0 Å².